The predicted molar refractivity (Wildman–Crippen MR) is 82.8 cm³/mol. The highest BCUT2D eigenvalue weighted by Crippen LogP contribution is 2.27. The van der Waals surface area contributed by atoms with Gasteiger partial charge < -0.3 is 10.1 Å². The molecule has 1 N–H and O–H groups in total. The number of hydrogen-bond acceptors (Lipinski definition) is 4. The molecule has 0 aliphatic heterocycles. The molecule has 0 saturated heterocycles. The molecule has 106 valence electrons. The summed E-state index contributed by atoms with van der Waals surface area (Å²) in [5, 5.41) is 3.46. The van der Waals surface area contributed by atoms with Crippen LogP contribution in [0.4, 0.5) is 0 Å². The molecule has 0 saturated carbocycles. The maximum absolute atomic E-state index is 5.25. The van der Waals surface area contributed by atoms with E-state index in [9.17, 15) is 0 Å². The Morgan fingerprint density at radius 2 is 2.20 bits per heavy atom. The lowest BCUT2D eigenvalue weighted by Gasteiger charge is -2.17. The third-order valence-electron chi connectivity index (χ3n) is 3.07. The summed E-state index contributed by atoms with van der Waals surface area (Å²) in [6.07, 6.45) is 4.23. The van der Waals surface area contributed by atoms with E-state index < -0.39 is 0 Å². The zero-order chi connectivity index (χ0) is 14.4. The van der Waals surface area contributed by atoms with Crippen molar-refractivity contribution >= 4 is 15.9 Å². The number of halogens is 1. The highest BCUT2D eigenvalue weighted by molar-refractivity contribution is 9.10. The highest BCUT2D eigenvalue weighted by atomic mass is 79.9. The summed E-state index contributed by atoms with van der Waals surface area (Å²) in [5.41, 5.74) is 2.23. The van der Waals surface area contributed by atoms with Gasteiger partial charge in [0.15, 0.2) is 0 Å². The molecule has 2 aromatic rings. The van der Waals surface area contributed by atoms with Gasteiger partial charge in [0.05, 0.1) is 23.3 Å². The average Bonchev–Trinajstić information content (AvgIpc) is 2.48. The van der Waals surface area contributed by atoms with Crippen molar-refractivity contribution in [1.82, 2.24) is 15.3 Å². The van der Waals surface area contributed by atoms with Gasteiger partial charge in [-0.2, -0.15) is 0 Å². The lowest BCUT2D eigenvalue weighted by Crippen LogP contribution is -2.23. The minimum atomic E-state index is 0.184. The molecule has 1 aromatic heterocycles. The van der Waals surface area contributed by atoms with Crippen LogP contribution in [0.3, 0.4) is 0 Å². The van der Waals surface area contributed by atoms with Crippen LogP contribution >= 0.6 is 15.9 Å². The van der Waals surface area contributed by atoms with E-state index in [1.807, 2.05) is 12.1 Å². The van der Waals surface area contributed by atoms with Crippen LogP contribution < -0.4 is 10.1 Å². The van der Waals surface area contributed by atoms with Crippen molar-refractivity contribution in [1.29, 1.82) is 0 Å². The Labute approximate surface area is 127 Å². The van der Waals surface area contributed by atoms with Crippen LogP contribution in [0.15, 0.2) is 41.3 Å². The number of nitrogens with one attached hydrogen (secondary N) is 1. The molecule has 5 heteroatoms. The lowest BCUT2D eigenvalue weighted by molar-refractivity contribution is 0.412. The van der Waals surface area contributed by atoms with Crippen molar-refractivity contribution in [2.45, 2.75) is 19.4 Å². The molecule has 0 bridgehead atoms. The van der Waals surface area contributed by atoms with E-state index >= 15 is 0 Å². The zero-order valence-electron chi connectivity index (χ0n) is 11.6. The normalized spacial score (nSPS) is 12.2. The van der Waals surface area contributed by atoms with E-state index in [2.05, 4.69) is 50.3 Å². The predicted octanol–water partition coefficient (Wildman–Crippen LogP) is 3.14. The van der Waals surface area contributed by atoms with Gasteiger partial charge in [0.2, 0.25) is 0 Å². The summed E-state index contributed by atoms with van der Waals surface area (Å²) in [4.78, 5) is 8.31. The Bertz CT molecular complexity index is 548. The van der Waals surface area contributed by atoms with Gasteiger partial charge in [0.25, 0.3) is 0 Å². The molecule has 1 unspecified atom stereocenters. The number of benzene rings is 1. The molecule has 2 rings (SSSR count). The van der Waals surface area contributed by atoms with E-state index in [4.69, 9.17) is 4.74 Å². The number of aromatic nitrogens is 2. The second-order valence-corrected chi connectivity index (χ2v) is 5.27. The summed E-state index contributed by atoms with van der Waals surface area (Å²) in [7, 11) is 1.67. The van der Waals surface area contributed by atoms with Gasteiger partial charge in [0.1, 0.15) is 12.1 Å². The Balaban J connectivity index is 2.18. The van der Waals surface area contributed by atoms with E-state index in [0.717, 1.165) is 28.9 Å². The third kappa shape index (κ3) is 3.77. The summed E-state index contributed by atoms with van der Waals surface area (Å²) in [5.74, 6) is 0.843. The number of ether oxygens (including phenoxy) is 1. The van der Waals surface area contributed by atoms with Crippen LogP contribution in [0.25, 0.3) is 0 Å². The summed E-state index contributed by atoms with van der Waals surface area (Å²) in [6.45, 7) is 2.99. The first-order chi connectivity index (χ1) is 9.74. The van der Waals surface area contributed by atoms with Gasteiger partial charge in [-0.15, -0.1) is 0 Å². The Kier molecular flexibility index (Phi) is 5.49. The monoisotopic (exact) mass is 335 g/mol. The Morgan fingerprint density at radius 1 is 1.35 bits per heavy atom. The molecule has 1 aromatic carbocycles. The molecule has 0 aliphatic rings. The molecule has 0 fully saturated rings. The van der Waals surface area contributed by atoms with Crippen molar-refractivity contribution in [2.75, 3.05) is 13.7 Å². The van der Waals surface area contributed by atoms with Crippen molar-refractivity contribution in [3.63, 3.8) is 0 Å². The van der Waals surface area contributed by atoms with E-state index in [1.54, 1.807) is 19.6 Å². The van der Waals surface area contributed by atoms with E-state index in [-0.39, 0.29) is 6.04 Å². The SMILES string of the molecule is CCNC(Cc1ccc(OC)c(Br)c1)c1ccncn1. The molecule has 1 heterocycles. The minimum Gasteiger partial charge on any atom is -0.496 e. The first kappa shape index (κ1) is 14.9. The third-order valence-corrected chi connectivity index (χ3v) is 3.69. The van der Waals surface area contributed by atoms with Crippen LogP contribution in [0.1, 0.15) is 24.2 Å². The number of methoxy groups -OCH3 is 1. The molecule has 0 aliphatic carbocycles. The molecule has 1 atom stereocenters. The van der Waals surface area contributed by atoms with Crippen molar-refractivity contribution < 1.29 is 4.74 Å². The molecule has 0 spiro atoms. The van der Waals surface area contributed by atoms with Crippen molar-refractivity contribution in [2.24, 2.45) is 0 Å². The summed E-state index contributed by atoms with van der Waals surface area (Å²) < 4.78 is 6.22. The molecule has 4 nitrogen and oxygen atoms in total. The summed E-state index contributed by atoms with van der Waals surface area (Å²) >= 11 is 3.52. The van der Waals surface area contributed by atoms with Crippen LogP contribution in [0, 0.1) is 0 Å². The molecule has 0 radical (unpaired) electrons. The fourth-order valence-electron chi connectivity index (χ4n) is 2.11. The first-order valence-corrected chi connectivity index (χ1v) is 7.35. The largest absolute Gasteiger partial charge is 0.496 e. The Hall–Kier alpha value is -1.46. The molecule has 0 amide bonds. The topological polar surface area (TPSA) is 47.0 Å². The van der Waals surface area contributed by atoms with Crippen LogP contribution in [0.2, 0.25) is 0 Å². The van der Waals surface area contributed by atoms with Crippen LogP contribution in [-0.4, -0.2) is 23.6 Å². The van der Waals surface area contributed by atoms with Gasteiger partial charge in [-0.05, 0) is 52.7 Å². The van der Waals surface area contributed by atoms with Gasteiger partial charge in [-0.1, -0.05) is 13.0 Å². The van der Waals surface area contributed by atoms with Crippen molar-refractivity contribution in [3.05, 3.63) is 52.5 Å². The molecule has 20 heavy (non-hydrogen) atoms. The van der Waals surface area contributed by atoms with E-state index in [0.29, 0.717) is 0 Å². The molecular weight excluding hydrogens is 318 g/mol. The minimum absolute atomic E-state index is 0.184. The maximum atomic E-state index is 5.25. The standard InChI is InChI=1S/C15H18BrN3O/c1-3-18-14(13-6-7-17-10-19-13)9-11-4-5-15(20-2)12(16)8-11/h4-8,10,14,18H,3,9H2,1-2H3. The van der Waals surface area contributed by atoms with Gasteiger partial charge in [-0.25, -0.2) is 9.97 Å². The molecular formula is C15H18BrN3O. The summed E-state index contributed by atoms with van der Waals surface area (Å²) in [6, 6.07) is 8.27. The second kappa shape index (κ2) is 7.36. The van der Waals surface area contributed by atoms with Gasteiger partial charge in [-0.3, -0.25) is 0 Å². The van der Waals surface area contributed by atoms with Crippen LogP contribution in [-0.2, 0) is 6.42 Å². The van der Waals surface area contributed by atoms with Gasteiger partial charge in [0, 0.05) is 6.20 Å². The van der Waals surface area contributed by atoms with Crippen LogP contribution in [0.5, 0.6) is 5.75 Å². The first-order valence-electron chi connectivity index (χ1n) is 6.56. The average molecular weight is 336 g/mol. The quantitative estimate of drug-likeness (QED) is 0.880. The number of nitrogens with zero attached hydrogens (tertiary/aromatic N) is 2. The fraction of sp³-hybridized carbons (Fsp3) is 0.333. The smallest absolute Gasteiger partial charge is 0.133 e. The van der Waals surface area contributed by atoms with Crippen molar-refractivity contribution in [3.8, 4) is 5.75 Å². The zero-order valence-corrected chi connectivity index (χ0v) is 13.2. The van der Waals surface area contributed by atoms with E-state index in [1.165, 1.54) is 5.56 Å². The number of hydrogen-bond donors (Lipinski definition) is 1. The maximum Gasteiger partial charge on any atom is 0.133 e. The Morgan fingerprint density at radius 3 is 2.80 bits per heavy atom. The lowest BCUT2D eigenvalue weighted by atomic mass is 10.0. The van der Waals surface area contributed by atoms with Gasteiger partial charge >= 0.3 is 0 Å². The number of rotatable bonds is 6. The number of likely N-dealkylation sites (N-methyl/N-ethyl adjacent to an activating group) is 1. The second-order valence-electron chi connectivity index (χ2n) is 4.42. The highest BCUT2D eigenvalue weighted by Gasteiger charge is 2.13. The fourth-order valence-corrected chi connectivity index (χ4v) is 2.70.